The molecular formula is C15H14ClNO2. The minimum atomic E-state index is -0.868. The standard InChI is InChI=1S/C15H14ClNO2/c1-10-4-3-7-17-14(10)9-13(15(18)19)11-5-2-6-12(16)8-11/h2-8,13H,9H2,1H3,(H,18,19). The van der Waals surface area contributed by atoms with Crippen LogP contribution in [0.4, 0.5) is 0 Å². The summed E-state index contributed by atoms with van der Waals surface area (Å²) in [6.07, 6.45) is 2.04. The third-order valence-corrected chi connectivity index (χ3v) is 3.30. The molecular weight excluding hydrogens is 262 g/mol. The van der Waals surface area contributed by atoms with Crippen LogP contribution in [0.5, 0.6) is 0 Å². The lowest BCUT2D eigenvalue weighted by Gasteiger charge is -2.14. The summed E-state index contributed by atoms with van der Waals surface area (Å²) >= 11 is 5.92. The maximum Gasteiger partial charge on any atom is 0.311 e. The molecule has 4 heteroatoms. The van der Waals surface area contributed by atoms with Crippen molar-refractivity contribution in [2.24, 2.45) is 0 Å². The molecule has 0 saturated carbocycles. The average molecular weight is 276 g/mol. The van der Waals surface area contributed by atoms with Crippen molar-refractivity contribution >= 4 is 17.6 Å². The van der Waals surface area contributed by atoms with E-state index in [0.717, 1.165) is 11.3 Å². The van der Waals surface area contributed by atoms with Gasteiger partial charge >= 0.3 is 5.97 Å². The molecule has 0 spiro atoms. The van der Waals surface area contributed by atoms with Crippen molar-refractivity contribution in [1.29, 1.82) is 0 Å². The highest BCUT2D eigenvalue weighted by atomic mass is 35.5. The first-order valence-electron chi connectivity index (χ1n) is 5.96. The number of rotatable bonds is 4. The number of aromatic nitrogens is 1. The molecule has 1 N–H and O–H groups in total. The first-order valence-corrected chi connectivity index (χ1v) is 6.34. The van der Waals surface area contributed by atoms with Gasteiger partial charge in [-0.05, 0) is 36.2 Å². The summed E-state index contributed by atoms with van der Waals surface area (Å²) in [4.78, 5) is 15.7. The normalized spacial score (nSPS) is 12.1. The van der Waals surface area contributed by atoms with Crippen molar-refractivity contribution in [2.45, 2.75) is 19.3 Å². The van der Waals surface area contributed by atoms with Gasteiger partial charge in [0.25, 0.3) is 0 Å². The van der Waals surface area contributed by atoms with Crippen LogP contribution in [-0.2, 0) is 11.2 Å². The van der Waals surface area contributed by atoms with Crippen LogP contribution in [-0.4, -0.2) is 16.1 Å². The van der Waals surface area contributed by atoms with Crippen molar-refractivity contribution < 1.29 is 9.90 Å². The molecule has 1 heterocycles. The van der Waals surface area contributed by atoms with Gasteiger partial charge in [-0.2, -0.15) is 0 Å². The van der Waals surface area contributed by atoms with Gasteiger partial charge in [0.1, 0.15) is 0 Å². The lowest BCUT2D eigenvalue weighted by molar-refractivity contribution is -0.138. The number of benzene rings is 1. The van der Waals surface area contributed by atoms with Crippen LogP contribution < -0.4 is 0 Å². The zero-order chi connectivity index (χ0) is 13.8. The fourth-order valence-corrected chi connectivity index (χ4v) is 2.20. The summed E-state index contributed by atoms with van der Waals surface area (Å²) in [6, 6.07) is 10.7. The fourth-order valence-electron chi connectivity index (χ4n) is 2.00. The molecule has 0 aliphatic heterocycles. The molecule has 2 rings (SSSR count). The largest absolute Gasteiger partial charge is 0.481 e. The summed E-state index contributed by atoms with van der Waals surface area (Å²) in [5, 5.41) is 9.94. The van der Waals surface area contributed by atoms with E-state index < -0.39 is 11.9 Å². The Morgan fingerprint density at radius 2 is 2.16 bits per heavy atom. The van der Waals surface area contributed by atoms with E-state index in [2.05, 4.69) is 4.98 Å². The first-order chi connectivity index (χ1) is 9.08. The lowest BCUT2D eigenvalue weighted by atomic mass is 9.93. The molecule has 3 nitrogen and oxygen atoms in total. The number of hydrogen-bond acceptors (Lipinski definition) is 2. The quantitative estimate of drug-likeness (QED) is 0.930. The van der Waals surface area contributed by atoms with Crippen LogP contribution in [0.2, 0.25) is 5.02 Å². The van der Waals surface area contributed by atoms with E-state index >= 15 is 0 Å². The maximum absolute atomic E-state index is 11.5. The molecule has 1 unspecified atom stereocenters. The third-order valence-electron chi connectivity index (χ3n) is 3.06. The number of aliphatic carboxylic acids is 1. The van der Waals surface area contributed by atoms with E-state index in [9.17, 15) is 9.90 Å². The number of hydrogen-bond donors (Lipinski definition) is 1. The predicted octanol–water partition coefficient (Wildman–Crippen LogP) is 3.45. The molecule has 98 valence electrons. The topological polar surface area (TPSA) is 50.2 Å². The van der Waals surface area contributed by atoms with E-state index in [1.165, 1.54) is 0 Å². The lowest BCUT2D eigenvalue weighted by Crippen LogP contribution is -2.15. The van der Waals surface area contributed by atoms with Crippen molar-refractivity contribution in [3.8, 4) is 0 Å². The number of carboxylic acid groups (broad SMARTS) is 1. The Bertz CT molecular complexity index is 598. The highest BCUT2D eigenvalue weighted by Crippen LogP contribution is 2.24. The van der Waals surface area contributed by atoms with E-state index in [1.54, 1.807) is 30.5 Å². The van der Waals surface area contributed by atoms with Crippen molar-refractivity contribution in [3.05, 3.63) is 64.4 Å². The summed E-state index contributed by atoms with van der Waals surface area (Å²) in [7, 11) is 0. The Morgan fingerprint density at radius 1 is 1.37 bits per heavy atom. The molecule has 0 aliphatic carbocycles. The number of pyridine rings is 1. The van der Waals surface area contributed by atoms with Gasteiger partial charge in [0, 0.05) is 23.3 Å². The van der Waals surface area contributed by atoms with Crippen molar-refractivity contribution in [2.75, 3.05) is 0 Å². The van der Waals surface area contributed by atoms with Crippen LogP contribution in [0.25, 0.3) is 0 Å². The second kappa shape index (κ2) is 5.85. The highest BCUT2D eigenvalue weighted by molar-refractivity contribution is 6.30. The number of carboxylic acids is 1. The Hall–Kier alpha value is -1.87. The van der Waals surface area contributed by atoms with Gasteiger partial charge in [0.05, 0.1) is 5.92 Å². The van der Waals surface area contributed by atoms with Gasteiger partial charge in [0.15, 0.2) is 0 Å². The Kier molecular flexibility index (Phi) is 4.17. The zero-order valence-electron chi connectivity index (χ0n) is 10.5. The monoisotopic (exact) mass is 275 g/mol. The number of halogens is 1. The molecule has 0 amide bonds. The van der Waals surface area contributed by atoms with Crippen LogP contribution in [0, 0.1) is 6.92 Å². The SMILES string of the molecule is Cc1cccnc1CC(C(=O)O)c1cccc(Cl)c1. The molecule has 0 radical (unpaired) electrons. The fraction of sp³-hybridized carbons (Fsp3) is 0.200. The van der Waals surface area contributed by atoms with Crippen LogP contribution >= 0.6 is 11.6 Å². The molecule has 1 atom stereocenters. The van der Waals surface area contributed by atoms with Crippen molar-refractivity contribution in [1.82, 2.24) is 4.98 Å². The Balaban J connectivity index is 2.32. The van der Waals surface area contributed by atoms with Gasteiger partial charge < -0.3 is 5.11 Å². The second-order valence-corrected chi connectivity index (χ2v) is 4.85. The van der Waals surface area contributed by atoms with Crippen LogP contribution in [0.15, 0.2) is 42.6 Å². The highest BCUT2D eigenvalue weighted by Gasteiger charge is 2.21. The molecule has 0 bridgehead atoms. The minimum Gasteiger partial charge on any atom is -0.481 e. The Labute approximate surface area is 116 Å². The van der Waals surface area contributed by atoms with Gasteiger partial charge in [0.2, 0.25) is 0 Å². The summed E-state index contributed by atoms with van der Waals surface area (Å²) in [5.41, 5.74) is 2.50. The molecule has 19 heavy (non-hydrogen) atoms. The van der Waals surface area contributed by atoms with Gasteiger partial charge in [-0.25, -0.2) is 0 Å². The molecule has 0 saturated heterocycles. The van der Waals surface area contributed by atoms with Crippen molar-refractivity contribution in [3.63, 3.8) is 0 Å². The molecule has 0 aliphatic rings. The minimum absolute atomic E-state index is 0.363. The molecule has 2 aromatic rings. The zero-order valence-corrected chi connectivity index (χ0v) is 11.3. The molecule has 0 fully saturated rings. The second-order valence-electron chi connectivity index (χ2n) is 4.42. The molecule has 1 aromatic heterocycles. The molecule has 1 aromatic carbocycles. The number of aryl methyl sites for hydroxylation is 1. The maximum atomic E-state index is 11.5. The average Bonchev–Trinajstić information content (AvgIpc) is 2.37. The van der Waals surface area contributed by atoms with E-state index in [1.807, 2.05) is 19.1 Å². The Morgan fingerprint density at radius 3 is 2.79 bits per heavy atom. The summed E-state index contributed by atoms with van der Waals surface area (Å²) in [6.45, 7) is 1.93. The van der Waals surface area contributed by atoms with Gasteiger partial charge in [-0.3, -0.25) is 9.78 Å². The first kappa shape index (κ1) is 13.6. The summed E-state index contributed by atoms with van der Waals surface area (Å²) < 4.78 is 0. The van der Waals surface area contributed by atoms with Gasteiger partial charge in [-0.1, -0.05) is 29.8 Å². The van der Waals surface area contributed by atoms with E-state index in [-0.39, 0.29) is 0 Å². The van der Waals surface area contributed by atoms with E-state index in [0.29, 0.717) is 17.0 Å². The number of carbonyl (C=O) groups is 1. The van der Waals surface area contributed by atoms with Crippen LogP contribution in [0.1, 0.15) is 22.7 Å². The third kappa shape index (κ3) is 3.32. The van der Waals surface area contributed by atoms with Gasteiger partial charge in [-0.15, -0.1) is 0 Å². The number of nitrogens with zero attached hydrogens (tertiary/aromatic N) is 1. The summed E-state index contributed by atoms with van der Waals surface area (Å²) in [5.74, 6) is -1.50. The van der Waals surface area contributed by atoms with E-state index in [4.69, 9.17) is 11.6 Å². The smallest absolute Gasteiger partial charge is 0.311 e. The van der Waals surface area contributed by atoms with Crippen LogP contribution in [0.3, 0.4) is 0 Å². The predicted molar refractivity (Wildman–Crippen MR) is 74.5 cm³/mol.